The third kappa shape index (κ3) is 2.88. The molecule has 0 bridgehead atoms. The molecule has 2 rings (SSSR count). The molecule has 2 aromatic rings. The Bertz CT molecular complexity index is 522. The molecule has 17 heavy (non-hydrogen) atoms. The van der Waals surface area contributed by atoms with E-state index in [9.17, 15) is 0 Å². The highest BCUT2D eigenvalue weighted by Crippen LogP contribution is 2.35. The molecule has 1 atom stereocenters. The number of benzene rings is 1. The van der Waals surface area contributed by atoms with Crippen molar-refractivity contribution >= 4 is 11.8 Å². The quantitative estimate of drug-likeness (QED) is 0.773. The lowest BCUT2D eigenvalue weighted by Gasteiger charge is -2.09. The molecular weight excluding hydrogens is 232 g/mol. The molecule has 0 aliphatic heterocycles. The van der Waals surface area contributed by atoms with Crippen molar-refractivity contribution in [3.8, 4) is 0 Å². The zero-order valence-corrected chi connectivity index (χ0v) is 11.3. The van der Waals surface area contributed by atoms with Crippen LogP contribution in [0.4, 0.5) is 0 Å². The summed E-state index contributed by atoms with van der Waals surface area (Å²) in [6.45, 7) is 8.14. The number of hydrogen-bond donors (Lipinski definition) is 0. The Labute approximate surface area is 106 Å². The molecular formula is C13H16N2OS. The van der Waals surface area contributed by atoms with Crippen LogP contribution in [-0.4, -0.2) is 10.1 Å². The van der Waals surface area contributed by atoms with Crippen LogP contribution in [-0.2, 0) is 0 Å². The van der Waals surface area contributed by atoms with Crippen molar-refractivity contribution in [3.63, 3.8) is 0 Å². The summed E-state index contributed by atoms with van der Waals surface area (Å²) in [6, 6.07) is 6.46. The van der Waals surface area contributed by atoms with Crippen molar-refractivity contribution in [1.29, 1.82) is 0 Å². The molecule has 3 nitrogen and oxygen atoms in total. The van der Waals surface area contributed by atoms with Crippen molar-refractivity contribution in [3.05, 3.63) is 41.0 Å². The molecule has 1 unspecified atom stereocenters. The number of nitrogens with zero attached hydrogens (tertiary/aromatic N) is 2. The number of rotatable bonds is 3. The van der Waals surface area contributed by atoms with E-state index in [1.165, 1.54) is 16.0 Å². The Balaban J connectivity index is 2.15. The third-order valence-corrected chi connectivity index (χ3v) is 3.79. The zero-order valence-electron chi connectivity index (χ0n) is 10.5. The second-order valence-corrected chi connectivity index (χ2v) is 5.59. The predicted molar refractivity (Wildman–Crippen MR) is 69.2 cm³/mol. The van der Waals surface area contributed by atoms with Gasteiger partial charge in [0.05, 0.1) is 5.25 Å². The minimum atomic E-state index is 0.178. The van der Waals surface area contributed by atoms with Crippen LogP contribution in [0, 0.1) is 20.8 Å². The fourth-order valence-corrected chi connectivity index (χ4v) is 2.62. The molecule has 4 heteroatoms. The van der Waals surface area contributed by atoms with Gasteiger partial charge in [-0.2, -0.15) is 4.98 Å². The Morgan fingerprint density at radius 1 is 1.24 bits per heavy atom. The average molecular weight is 248 g/mol. The molecule has 0 N–H and O–H groups in total. The molecule has 0 radical (unpaired) electrons. The number of aryl methyl sites for hydroxylation is 3. The first kappa shape index (κ1) is 12.2. The van der Waals surface area contributed by atoms with Crippen LogP contribution < -0.4 is 0 Å². The van der Waals surface area contributed by atoms with Gasteiger partial charge >= 0.3 is 0 Å². The van der Waals surface area contributed by atoms with Crippen LogP contribution in [0.1, 0.15) is 35.0 Å². The van der Waals surface area contributed by atoms with Crippen molar-refractivity contribution in [2.24, 2.45) is 0 Å². The topological polar surface area (TPSA) is 38.9 Å². The van der Waals surface area contributed by atoms with E-state index < -0.39 is 0 Å². The molecule has 0 spiro atoms. The summed E-state index contributed by atoms with van der Waals surface area (Å²) in [5.41, 5.74) is 2.58. The highest BCUT2D eigenvalue weighted by molar-refractivity contribution is 7.99. The van der Waals surface area contributed by atoms with Gasteiger partial charge in [0.1, 0.15) is 0 Å². The van der Waals surface area contributed by atoms with Crippen LogP contribution in [0.2, 0.25) is 0 Å². The van der Waals surface area contributed by atoms with E-state index in [0.717, 1.165) is 0 Å². The monoisotopic (exact) mass is 248 g/mol. The Hall–Kier alpha value is -1.29. The molecule has 0 saturated heterocycles. The Morgan fingerprint density at radius 3 is 2.59 bits per heavy atom. The number of thioether (sulfide) groups is 1. The summed E-state index contributed by atoms with van der Waals surface area (Å²) >= 11 is 1.75. The normalized spacial score (nSPS) is 12.7. The smallest absolute Gasteiger partial charge is 0.239 e. The van der Waals surface area contributed by atoms with E-state index in [-0.39, 0.29) is 5.25 Å². The highest BCUT2D eigenvalue weighted by atomic mass is 32.2. The largest absolute Gasteiger partial charge is 0.338 e. The van der Waals surface area contributed by atoms with Gasteiger partial charge in [-0.25, -0.2) is 0 Å². The van der Waals surface area contributed by atoms with Crippen LogP contribution in [0.5, 0.6) is 0 Å². The molecule has 0 fully saturated rings. The fourth-order valence-electron chi connectivity index (χ4n) is 1.65. The van der Waals surface area contributed by atoms with E-state index in [0.29, 0.717) is 11.7 Å². The van der Waals surface area contributed by atoms with E-state index in [1.54, 1.807) is 11.8 Å². The van der Waals surface area contributed by atoms with Gasteiger partial charge in [-0.3, -0.25) is 0 Å². The standard InChI is InChI=1S/C13H16N2OS/c1-8-5-6-12(9(2)7-8)17-10(3)13-14-11(4)15-16-13/h5-7,10H,1-4H3. The highest BCUT2D eigenvalue weighted by Gasteiger charge is 2.15. The first-order valence-corrected chi connectivity index (χ1v) is 6.48. The van der Waals surface area contributed by atoms with Crippen LogP contribution >= 0.6 is 11.8 Å². The van der Waals surface area contributed by atoms with E-state index in [4.69, 9.17) is 4.52 Å². The molecule has 0 amide bonds. The maximum atomic E-state index is 5.18. The summed E-state index contributed by atoms with van der Waals surface area (Å²) in [6.07, 6.45) is 0. The fraction of sp³-hybridized carbons (Fsp3) is 0.385. The van der Waals surface area contributed by atoms with Crippen molar-refractivity contribution < 1.29 is 4.52 Å². The van der Waals surface area contributed by atoms with Gasteiger partial charge in [0, 0.05) is 4.90 Å². The molecule has 0 aliphatic rings. The second-order valence-electron chi connectivity index (χ2n) is 4.21. The van der Waals surface area contributed by atoms with Gasteiger partial charge in [-0.1, -0.05) is 22.9 Å². The molecule has 0 aliphatic carbocycles. The summed E-state index contributed by atoms with van der Waals surface area (Å²) in [5, 5.41) is 3.99. The maximum absolute atomic E-state index is 5.18. The SMILES string of the molecule is Cc1ccc(SC(C)c2nc(C)no2)c(C)c1. The molecule has 90 valence electrons. The number of aromatic nitrogens is 2. The van der Waals surface area contributed by atoms with Gasteiger partial charge in [-0.05, 0) is 39.3 Å². The maximum Gasteiger partial charge on any atom is 0.239 e. The predicted octanol–water partition coefficient (Wildman–Crippen LogP) is 3.85. The average Bonchev–Trinajstić information content (AvgIpc) is 2.69. The summed E-state index contributed by atoms with van der Waals surface area (Å²) in [7, 11) is 0. The van der Waals surface area contributed by atoms with E-state index in [1.807, 2.05) is 6.92 Å². The first-order valence-electron chi connectivity index (χ1n) is 5.60. The Kier molecular flexibility index (Phi) is 3.52. The third-order valence-electron chi connectivity index (χ3n) is 2.53. The second kappa shape index (κ2) is 4.92. The van der Waals surface area contributed by atoms with Crippen LogP contribution in [0.3, 0.4) is 0 Å². The minimum absolute atomic E-state index is 0.178. The summed E-state index contributed by atoms with van der Waals surface area (Å²) in [5.74, 6) is 1.38. The lowest BCUT2D eigenvalue weighted by Crippen LogP contribution is -1.90. The molecule has 0 saturated carbocycles. The zero-order chi connectivity index (χ0) is 12.4. The minimum Gasteiger partial charge on any atom is -0.338 e. The van der Waals surface area contributed by atoms with Crippen molar-refractivity contribution in [1.82, 2.24) is 10.1 Å². The molecule has 1 aromatic heterocycles. The molecule has 1 heterocycles. The Morgan fingerprint density at radius 2 is 2.00 bits per heavy atom. The van der Waals surface area contributed by atoms with Gasteiger partial charge in [-0.15, -0.1) is 11.8 Å². The van der Waals surface area contributed by atoms with E-state index in [2.05, 4.69) is 49.1 Å². The van der Waals surface area contributed by atoms with E-state index >= 15 is 0 Å². The van der Waals surface area contributed by atoms with Gasteiger partial charge in [0.25, 0.3) is 0 Å². The molecule has 1 aromatic carbocycles. The van der Waals surface area contributed by atoms with Crippen LogP contribution in [0.15, 0.2) is 27.6 Å². The summed E-state index contributed by atoms with van der Waals surface area (Å²) < 4.78 is 5.18. The van der Waals surface area contributed by atoms with Gasteiger partial charge in [0.2, 0.25) is 5.89 Å². The van der Waals surface area contributed by atoms with Crippen molar-refractivity contribution in [2.45, 2.75) is 37.8 Å². The van der Waals surface area contributed by atoms with Gasteiger partial charge < -0.3 is 4.52 Å². The van der Waals surface area contributed by atoms with Crippen molar-refractivity contribution in [2.75, 3.05) is 0 Å². The number of hydrogen-bond acceptors (Lipinski definition) is 4. The van der Waals surface area contributed by atoms with Gasteiger partial charge in [0.15, 0.2) is 5.82 Å². The lowest BCUT2D eigenvalue weighted by molar-refractivity contribution is 0.376. The lowest BCUT2D eigenvalue weighted by atomic mass is 10.2. The first-order chi connectivity index (χ1) is 8.06. The summed E-state index contributed by atoms with van der Waals surface area (Å²) in [4.78, 5) is 5.52. The van der Waals surface area contributed by atoms with Crippen LogP contribution in [0.25, 0.3) is 0 Å².